The monoisotopic (exact) mass is 222 g/mol. The smallest absolute Gasteiger partial charge is 0.323 e. The summed E-state index contributed by atoms with van der Waals surface area (Å²) < 4.78 is 4.75. The van der Waals surface area contributed by atoms with E-state index in [-0.39, 0.29) is 17.9 Å². The van der Waals surface area contributed by atoms with E-state index < -0.39 is 0 Å². The summed E-state index contributed by atoms with van der Waals surface area (Å²) in [7, 11) is 1.41. The Kier molecular flexibility index (Phi) is 4.92. The maximum Gasteiger partial charge on any atom is 0.323 e. The highest BCUT2D eigenvalue weighted by Crippen LogP contribution is 2.05. The van der Waals surface area contributed by atoms with Crippen molar-refractivity contribution in [2.24, 2.45) is 5.92 Å². The molecule has 0 aliphatic rings. The highest BCUT2D eigenvalue weighted by Gasteiger charge is 2.21. The van der Waals surface area contributed by atoms with Gasteiger partial charge in [-0.25, -0.2) is 0 Å². The van der Waals surface area contributed by atoms with Crippen LogP contribution in [0.5, 0.6) is 0 Å². The highest BCUT2D eigenvalue weighted by molar-refractivity contribution is 5.75. The third-order valence-corrected chi connectivity index (χ3v) is 2.40. The van der Waals surface area contributed by atoms with E-state index in [0.29, 0.717) is 6.54 Å². The van der Waals surface area contributed by atoms with E-state index in [0.717, 1.165) is 5.56 Å². The van der Waals surface area contributed by atoms with Gasteiger partial charge in [0.25, 0.3) is 0 Å². The first-order valence-corrected chi connectivity index (χ1v) is 5.35. The summed E-state index contributed by atoms with van der Waals surface area (Å²) in [5.74, 6) is -0.0154. The van der Waals surface area contributed by atoms with Crippen molar-refractivity contribution in [3.8, 4) is 0 Å². The van der Waals surface area contributed by atoms with E-state index in [1.807, 2.05) is 26.0 Å². The van der Waals surface area contributed by atoms with Crippen LogP contribution in [0.3, 0.4) is 0 Å². The Bertz CT molecular complexity index is 325. The van der Waals surface area contributed by atoms with Crippen LogP contribution >= 0.6 is 0 Å². The predicted octanol–water partition coefficient (Wildman–Crippen LogP) is 1.37. The van der Waals surface area contributed by atoms with E-state index in [4.69, 9.17) is 4.74 Å². The maximum atomic E-state index is 11.5. The normalized spacial score (nSPS) is 12.5. The van der Waals surface area contributed by atoms with Gasteiger partial charge in [0, 0.05) is 18.9 Å². The van der Waals surface area contributed by atoms with Crippen molar-refractivity contribution in [3.63, 3.8) is 0 Å². The van der Waals surface area contributed by atoms with E-state index in [1.165, 1.54) is 7.11 Å². The number of ether oxygens (including phenoxy) is 1. The molecule has 0 saturated carbocycles. The minimum absolute atomic E-state index is 0.203. The molecule has 1 atom stereocenters. The predicted molar refractivity (Wildman–Crippen MR) is 61.7 cm³/mol. The van der Waals surface area contributed by atoms with E-state index in [1.54, 1.807) is 12.4 Å². The summed E-state index contributed by atoms with van der Waals surface area (Å²) >= 11 is 0. The number of rotatable bonds is 5. The Labute approximate surface area is 96.0 Å². The Hall–Kier alpha value is -1.42. The lowest BCUT2D eigenvalue weighted by atomic mass is 10.0. The number of methoxy groups -OCH3 is 1. The first kappa shape index (κ1) is 12.6. The average Bonchev–Trinajstić information content (AvgIpc) is 2.30. The van der Waals surface area contributed by atoms with Crippen molar-refractivity contribution in [2.45, 2.75) is 26.4 Å². The van der Waals surface area contributed by atoms with Crippen molar-refractivity contribution in [2.75, 3.05) is 7.11 Å². The molecule has 0 radical (unpaired) electrons. The Balaban J connectivity index is 2.54. The number of nitrogens with one attached hydrogen (secondary N) is 1. The number of carbonyl (C=O) groups excluding carboxylic acids is 1. The van der Waals surface area contributed by atoms with Crippen LogP contribution in [0.25, 0.3) is 0 Å². The molecule has 0 aliphatic heterocycles. The summed E-state index contributed by atoms with van der Waals surface area (Å²) in [6, 6.07) is 3.57. The number of pyridine rings is 1. The molecule has 0 aliphatic carbocycles. The number of hydrogen-bond donors (Lipinski definition) is 1. The minimum atomic E-state index is -0.266. The fraction of sp³-hybridized carbons (Fsp3) is 0.500. The topological polar surface area (TPSA) is 51.2 Å². The number of aromatic nitrogens is 1. The number of carbonyl (C=O) groups is 1. The summed E-state index contributed by atoms with van der Waals surface area (Å²) in [5, 5.41) is 3.18. The second kappa shape index (κ2) is 6.23. The molecule has 88 valence electrons. The third kappa shape index (κ3) is 3.62. The molecular weight excluding hydrogens is 204 g/mol. The fourth-order valence-electron chi connectivity index (χ4n) is 1.45. The summed E-state index contributed by atoms with van der Waals surface area (Å²) in [6.07, 6.45) is 3.47. The Morgan fingerprint density at radius 3 is 2.56 bits per heavy atom. The molecular formula is C12H18N2O2. The number of esters is 1. The van der Waals surface area contributed by atoms with Gasteiger partial charge in [-0.05, 0) is 23.6 Å². The molecule has 1 heterocycles. The van der Waals surface area contributed by atoms with Crippen LogP contribution in [0.15, 0.2) is 24.5 Å². The van der Waals surface area contributed by atoms with Crippen molar-refractivity contribution in [1.29, 1.82) is 0 Å². The lowest BCUT2D eigenvalue weighted by molar-refractivity contribution is -0.144. The van der Waals surface area contributed by atoms with Crippen LogP contribution < -0.4 is 5.32 Å². The van der Waals surface area contributed by atoms with Crippen LogP contribution in [-0.4, -0.2) is 24.1 Å². The van der Waals surface area contributed by atoms with Crippen LogP contribution in [0.4, 0.5) is 0 Å². The van der Waals surface area contributed by atoms with Gasteiger partial charge in [0.2, 0.25) is 0 Å². The lowest BCUT2D eigenvalue weighted by Gasteiger charge is -2.19. The van der Waals surface area contributed by atoms with E-state index in [9.17, 15) is 4.79 Å². The van der Waals surface area contributed by atoms with Gasteiger partial charge in [-0.1, -0.05) is 13.8 Å². The molecule has 0 spiro atoms. The Morgan fingerprint density at radius 2 is 2.06 bits per heavy atom. The molecule has 16 heavy (non-hydrogen) atoms. The average molecular weight is 222 g/mol. The second-order valence-corrected chi connectivity index (χ2v) is 3.98. The van der Waals surface area contributed by atoms with Gasteiger partial charge >= 0.3 is 5.97 Å². The van der Waals surface area contributed by atoms with Crippen molar-refractivity contribution in [3.05, 3.63) is 30.1 Å². The maximum absolute atomic E-state index is 11.5. The molecule has 1 aromatic rings. The van der Waals surface area contributed by atoms with Gasteiger partial charge < -0.3 is 10.1 Å². The van der Waals surface area contributed by atoms with Gasteiger partial charge in [0.05, 0.1) is 7.11 Å². The quantitative estimate of drug-likeness (QED) is 0.764. The molecule has 1 aromatic heterocycles. The molecule has 4 nitrogen and oxygen atoms in total. The molecule has 1 N–H and O–H groups in total. The lowest BCUT2D eigenvalue weighted by Crippen LogP contribution is -2.41. The van der Waals surface area contributed by atoms with Gasteiger partial charge in [0.1, 0.15) is 6.04 Å². The summed E-state index contributed by atoms with van der Waals surface area (Å²) in [6.45, 7) is 4.61. The molecule has 0 fully saturated rings. The second-order valence-electron chi connectivity index (χ2n) is 3.98. The molecule has 0 saturated heterocycles. The van der Waals surface area contributed by atoms with Crippen molar-refractivity contribution in [1.82, 2.24) is 10.3 Å². The minimum Gasteiger partial charge on any atom is -0.468 e. The molecule has 1 rings (SSSR count). The first-order chi connectivity index (χ1) is 7.65. The first-order valence-electron chi connectivity index (χ1n) is 5.35. The van der Waals surface area contributed by atoms with Gasteiger partial charge in [0.15, 0.2) is 0 Å². The van der Waals surface area contributed by atoms with Gasteiger partial charge in [-0.2, -0.15) is 0 Å². The molecule has 4 heteroatoms. The standard InChI is InChI=1S/C12H18N2O2/c1-9(2)11(12(15)16-3)14-8-10-4-6-13-7-5-10/h4-7,9,11,14H,8H2,1-3H3/t11-/m0/s1. The number of nitrogens with zero attached hydrogens (tertiary/aromatic N) is 1. The SMILES string of the molecule is COC(=O)[C@@H](NCc1ccncc1)C(C)C. The molecule has 0 amide bonds. The summed E-state index contributed by atoms with van der Waals surface area (Å²) in [5.41, 5.74) is 1.10. The molecule has 0 aromatic carbocycles. The largest absolute Gasteiger partial charge is 0.468 e. The van der Waals surface area contributed by atoms with E-state index >= 15 is 0 Å². The van der Waals surface area contributed by atoms with Crippen LogP contribution in [0.1, 0.15) is 19.4 Å². The molecule has 0 unspecified atom stereocenters. The fourth-order valence-corrected chi connectivity index (χ4v) is 1.45. The number of hydrogen-bond acceptors (Lipinski definition) is 4. The zero-order chi connectivity index (χ0) is 12.0. The van der Waals surface area contributed by atoms with Crippen LogP contribution in [0, 0.1) is 5.92 Å². The van der Waals surface area contributed by atoms with Crippen LogP contribution in [0.2, 0.25) is 0 Å². The van der Waals surface area contributed by atoms with Crippen molar-refractivity contribution >= 4 is 5.97 Å². The van der Waals surface area contributed by atoms with Crippen LogP contribution in [-0.2, 0) is 16.1 Å². The summed E-state index contributed by atoms with van der Waals surface area (Å²) in [4.78, 5) is 15.4. The van der Waals surface area contributed by atoms with Gasteiger partial charge in [-0.15, -0.1) is 0 Å². The van der Waals surface area contributed by atoms with E-state index in [2.05, 4.69) is 10.3 Å². The third-order valence-electron chi connectivity index (χ3n) is 2.40. The van der Waals surface area contributed by atoms with Gasteiger partial charge in [-0.3, -0.25) is 9.78 Å². The Morgan fingerprint density at radius 1 is 1.44 bits per heavy atom. The zero-order valence-electron chi connectivity index (χ0n) is 9.93. The molecule has 0 bridgehead atoms. The van der Waals surface area contributed by atoms with Crippen molar-refractivity contribution < 1.29 is 9.53 Å². The highest BCUT2D eigenvalue weighted by atomic mass is 16.5. The zero-order valence-corrected chi connectivity index (χ0v) is 9.93.